The van der Waals surface area contributed by atoms with Crippen molar-refractivity contribution in [1.29, 1.82) is 0 Å². The predicted octanol–water partition coefficient (Wildman–Crippen LogP) is 3.14. The monoisotopic (exact) mass is 425 g/mol. The van der Waals surface area contributed by atoms with Gasteiger partial charge in [0.1, 0.15) is 0 Å². The van der Waals surface area contributed by atoms with E-state index >= 15 is 0 Å². The van der Waals surface area contributed by atoms with E-state index in [4.69, 9.17) is 11.6 Å². The van der Waals surface area contributed by atoms with Crippen LogP contribution in [0.3, 0.4) is 0 Å². The third kappa shape index (κ3) is 4.60. The molecule has 1 saturated heterocycles. The van der Waals surface area contributed by atoms with Crippen molar-refractivity contribution in [3.05, 3.63) is 51.1 Å². The molecule has 0 amide bonds. The Kier molecular flexibility index (Phi) is 6.70. The molecule has 1 fully saturated rings. The molecule has 3 aromatic rings. The highest BCUT2D eigenvalue weighted by atomic mass is 35.5. The Labute approximate surface area is 172 Å². The minimum atomic E-state index is -0.0398. The van der Waals surface area contributed by atoms with E-state index in [0.29, 0.717) is 16.8 Å². The zero-order valence-electron chi connectivity index (χ0n) is 14.8. The van der Waals surface area contributed by atoms with Crippen LogP contribution >= 0.6 is 35.3 Å². The fourth-order valence-electron chi connectivity index (χ4n) is 3.31. The van der Waals surface area contributed by atoms with E-state index in [-0.39, 0.29) is 18.0 Å². The predicted molar refractivity (Wildman–Crippen MR) is 114 cm³/mol. The fourth-order valence-corrected chi connectivity index (χ4v) is 4.19. The van der Waals surface area contributed by atoms with Gasteiger partial charge in [0.15, 0.2) is 4.83 Å². The van der Waals surface area contributed by atoms with Gasteiger partial charge in [0.05, 0.1) is 5.39 Å². The lowest BCUT2D eigenvalue weighted by Gasteiger charge is -2.36. The Balaban J connectivity index is 0.00000210. The van der Waals surface area contributed by atoms with Crippen molar-refractivity contribution in [3.8, 4) is 0 Å². The Morgan fingerprint density at radius 1 is 1.11 bits per heavy atom. The summed E-state index contributed by atoms with van der Waals surface area (Å²) in [7, 11) is 0. The molecule has 144 valence electrons. The molecule has 6 nitrogen and oxygen atoms in total. The second-order valence-corrected chi connectivity index (χ2v) is 7.75. The molecule has 0 aliphatic carbocycles. The molecule has 0 radical (unpaired) electrons. The van der Waals surface area contributed by atoms with Gasteiger partial charge in [-0.05, 0) is 36.1 Å². The highest BCUT2D eigenvalue weighted by Crippen LogP contribution is 2.20. The molecular formula is C18H21Cl2N5OS. The minimum Gasteiger partial charge on any atom is -0.369 e. The van der Waals surface area contributed by atoms with E-state index < -0.39 is 0 Å². The first kappa shape index (κ1) is 20.1. The number of hydrogen-bond acceptors (Lipinski definition) is 6. The molecular weight excluding hydrogens is 405 g/mol. The number of rotatable bonds is 5. The first-order chi connectivity index (χ1) is 12.7. The van der Waals surface area contributed by atoms with Crippen LogP contribution in [0.5, 0.6) is 0 Å². The van der Waals surface area contributed by atoms with E-state index in [2.05, 4.69) is 26.2 Å². The third-order valence-corrected chi connectivity index (χ3v) is 5.78. The second-order valence-electron chi connectivity index (χ2n) is 6.42. The van der Waals surface area contributed by atoms with Crippen LogP contribution in [0.2, 0.25) is 5.02 Å². The minimum absolute atomic E-state index is 0. The summed E-state index contributed by atoms with van der Waals surface area (Å²) in [5.74, 6) is 0. The van der Waals surface area contributed by atoms with Crippen molar-refractivity contribution in [2.45, 2.75) is 13.0 Å². The Bertz CT molecular complexity index is 952. The summed E-state index contributed by atoms with van der Waals surface area (Å²) in [5, 5.41) is 11.5. The van der Waals surface area contributed by atoms with E-state index in [1.165, 1.54) is 21.7 Å². The van der Waals surface area contributed by atoms with Gasteiger partial charge in [-0.2, -0.15) is 0 Å². The molecule has 4 rings (SSSR count). The van der Waals surface area contributed by atoms with Gasteiger partial charge in [-0.3, -0.25) is 9.69 Å². The molecule has 1 aromatic carbocycles. The summed E-state index contributed by atoms with van der Waals surface area (Å²) in [4.78, 5) is 17.8. The van der Waals surface area contributed by atoms with E-state index in [1.807, 2.05) is 29.6 Å². The van der Waals surface area contributed by atoms with Crippen molar-refractivity contribution >= 4 is 51.2 Å². The average Bonchev–Trinajstić information content (AvgIpc) is 3.14. The molecule has 9 heteroatoms. The van der Waals surface area contributed by atoms with Crippen LogP contribution in [0.25, 0.3) is 10.2 Å². The zero-order valence-corrected chi connectivity index (χ0v) is 17.1. The van der Waals surface area contributed by atoms with Crippen LogP contribution in [0, 0.1) is 0 Å². The quantitative estimate of drug-likeness (QED) is 0.628. The summed E-state index contributed by atoms with van der Waals surface area (Å²) in [5.41, 5.74) is 1.14. The Morgan fingerprint density at radius 2 is 1.93 bits per heavy atom. The van der Waals surface area contributed by atoms with Crippen molar-refractivity contribution in [1.82, 2.24) is 19.9 Å². The van der Waals surface area contributed by atoms with Gasteiger partial charge in [0.2, 0.25) is 0 Å². The molecule has 27 heavy (non-hydrogen) atoms. The number of aromatic nitrogens is 3. The maximum atomic E-state index is 12.3. The third-order valence-electron chi connectivity index (χ3n) is 4.74. The van der Waals surface area contributed by atoms with Crippen LogP contribution in [0.15, 0.2) is 40.5 Å². The number of hydrogen-bond donors (Lipinski definition) is 0. The van der Waals surface area contributed by atoms with Gasteiger partial charge in [-0.1, -0.05) is 22.9 Å². The standard InChI is InChI=1S/C18H20ClN5OS.ClH/c19-14-3-1-4-15(13-14)23-10-8-22(9-11-23)6-2-7-24-18(25)16-5-12-26-17(16)20-21-24;/h1,3-5,12-13H,2,6-11H2;1H. The molecule has 0 bridgehead atoms. The first-order valence-corrected chi connectivity index (χ1v) is 10.0. The van der Waals surface area contributed by atoms with Crippen molar-refractivity contribution in [2.24, 2.45) is 0 Å². The molecule has 0 unspecified atom stereocenters. The van der Waals surface area contributed by atoms with Crippen LogP contribution in [-0.2, 0) is 6.54 Å². The number of piperazine rings is 1. The number of benzene rings is 1. The number of fused-ring (bicyclic) bond motifs is 1. The van der Waals surface area contributed by atoms with Gasteiger partial charge in [-0.25, -0.2) is 4.68 Å². The lowest BCUT2D eigenvalue weighted by molar-refractivity contribution is 0.248. The Hall–Kier alpha value is -1.67. The number of anilines is 1. The van der Waals surface area contributed by atoms with Crippen LogP contribution in [0.1, 0.15) is 6.42 Å². The molecule has 3 heterocycles. The molecule has 0 spiro atoms. The summed E-state index contributed by atoms with van der Waals surface area (Å²) < 4.78 is 1.48. The summed E-state index contributed by atoms with van der Waals surface area (Å²) >= 11 is 7.53. The SMILES string of the molecule is Cl.O=c1c2ccsc2nnn1CCCN1CCN(c2cccc(Cl)c2)CC1. The zero-order chi connectivity index (χ0) is 17.9. The van der Waals surface area contributed by atoms with Gasteiger partial charge in [0.25, 0.3) is 5.56 Å². The molecule has 1 aliphatic heterocycles. The maximum absolute atomic E-state index is 12.3. The van der Waals surface area contributed by atoms with Crippen LogP contribution < -0.4 is 10.5 Å². The molecule has 0 saturated carbocycles. The lowest BCUT2D eigenvalue weighted by Crippen LogP contribution is -2.46. The largest absolute Gasteiger partial charge is 0.369 e. The lowest BCUT2D eigenvalue weighted by atomic mass is 10.2. The molecule has 0 atom stereocenters. The summed E-state index contributed by atoms with van der Waals surface area (Å²) in [6.45, 7) is 5.56. The highest BCUT2D eigenvalue weighted by Gasteiger charge is 2.17. The smallest absolute Gasteiger partial charge is 0.278 e. The van der Waals surface area contributed by atoms with Crippen molar-refractivity contribution < 1.29 is 0 Å². The molecule has 0 N–H and O–H groups in total. The molecule has 1 aliphatic rings. The first-order valence-electron chi connectivity index (χ1n) is 8.74. The summed E-state index contributed by atoms with van der Waals surface area (Å²) in [6.07, 6.45) is 0.890. The number of halogens is 2. The Morgan fingerprint density at radius 3 is 2.70 bits per heavy atom. The topological polar surface area (TPSA) is 54.3 Å². The van der Waals surface area contributed by atoms with Gasteiger partial charge >= 0.3 is 0 Å². The fraction of sp³-hybridized carbons (Fsp3) is 0.389. The summed E-state index contributed by atoms with van der Waals surface area (Å²) in [6, 6.07) is 9.84. The van der Waals surface area contributed by atoms with E-state index in [9.17, 15) is 4.79 Å². The number of nitrogens with zero attached hydrogens (tertiary/aromatic N) is 5. The second kappa shape index (κ2) is 9.01. The van der Waals surface area contributed by atoms with Crippen molar-refractivity contribution in [3.63, 3.8) is 0 Å². The van der Waals surface area contributed by atoms with Gasteiger partial charge in [-0.15, -0.1) is 28.8 Å². The highest BCUT2D eigenvalue weighted by molar-refractivity contribution is 7.16. The van der Waals surface area contributed by atoms with Gasteiger partial charge < -0.3 is 4.90 Å². The maximum Gasteiger partial charge on any atom is 0.278 e. The van der Waals surface area contributed by atoms with Gasteiger partial charge in [0, 0.05) is 50.0 Å². The van der Waals surface area contributed by atoms with Crippen molar-refractivity contribution in [2.75, 3.05) is 37.6 Å². The van der Waals surface area contributed by atoms with Crippen LogP contribution in [0.4, 0.5) is 5.69 Å². The van der Waals surface area contributed by atoms with Crippen LogP contribution in [-0.4, -0.2) is 52.6 Å². The van der Waals surface area contributed by atoms with E-state index in [0.717, 1.165) is 44.2 Å². The van der Waals surface area contributed by atoms with E-state index in [1.54, 1.807) is 0 Å². The molecule has 2 aromatic heterocycles. The average molecular weight is 426 g/mol. The number of thiophene rings is 1. The normalized spacial score (nSPS) is 15.1. The number of aryl methyl sites for hydroxylation is 1.